The van der Waals surface area contributed by atoms with Crippen molar-refractivity contribution < 1.29 is 14.7 Å². The van der Waals surface area contributed by atoms with Gasteiger partial charge in [0.25, 0.3) is 0 Å². The van der Waals surface area contributed by atoms with Crippen molar-refractivity contribution in [3.8, 4) is 11.1 Å². The third kappa shape index (κ3) is 3.04. The minimum atomic E-state index is -1.07. The van der Waals surface area contributed by atoms with E-state index in [0.29, 0.717) is 6.54 Å². The molecule has 23 heavy (non-hydrogen) atoms. The monoisotopic (exact) mass is 310 g/mol. The van der Waals surface area contributed by atoms with Crippen molar-refractivity contribution in [1.29, 1.82) is 0 Å². The first kappa shape index (κ1) is 15.1. The number of carbonyl (C=O) groups excluding carboxylic acids is 1. The second kappa shape index (κ2) is 6.12. The molecule has 2 aromatic carbocycles. The molecule has 0 spiro atoms. The fourth-order valence-corrected chi connectivity index (χ4v) is 2.80. The number of nitrogens with zero attached hydrogens (tertiary/aromatic N) is 1. The van der Waals surface area contributed by atoms with Crippen molar-refractivity contribution >= 4 is 12.0 Å². The molecule has 2 amide bonds. The molecule has 1 aliphatic rings. The second-order valence-electron chi connectivity index (χ2n) is 5.69. The highest BCUT2D eigenvalue weighted by Crippen LogP contribution is 2.25. The molecular weight excluding hydrogens is 292 g/mol. The maximum atomic E-state index is 11.5. The summed E-state index contributed by atoms with van der Waals surface area (Å²) in [4.78, 5) is 24.0. The van der Waals surface area contributed by atoms with Crippen LogP contribution in [-0.2, 0) is 11.3 Å². The van der Waals surface area contributed by atoms with Crippen LogP contribution in [0.1, 0.15) is 11.1 Å². The van der Waals surface area contributed by atoms with E-state index in [2.05, 4.69) is 5.32 Å². The Kier molecular flexibility index (Phi) is 4.02. The minimum absolute atomic E-state index is 0.212. The highest BCUT2D eigenvalue weighted by atomic mass is 16.4. The molecule has 0 saturated carbocycles. The van der Waals surface area contributed by atoms with Crippen LogP contribution < -0.4 is 5.32 Å². The van der Waals surface area contributed by atoms with Gasteiger partial charge in [-0.25, -0.2) is 4.79 Å². The Bertz CT molecular complexity index is 743. The highest BCUT2D eigenvalue weighted by Gasteiger charge is 2.36. The summed E-state index contributed by atoms with van der Waals surface area (Å²) < 4.78 is 0. The zero-order chi connectivity index (χ0) is 16.4. The lowest BCUT2D eigenvalue weighted by atomic mass is 9.98. The van der Waals surface area contributed by atoms with Crippen LogP contribution in [0.3, 0.4) is 0 Å². The number of benzene rings is 2. The Balaban J connectivity index is 1.82. The van der Waals surface area contributed by atoms with Gasteiger partial charge in [0, 0.05) is 13.1 Å². The van der Waals surface area contributed by atoms with E-state index in [9.17, 15) is 14.7 Å². The predicted molar refractivity (Wildman–Crippen MR) is 87.0 cm³/mol. The van der Waals surface area contributed by atoms with Gasteiger partial charge in [0.1, 0.15) is 6.04 Å². The number of hydrogen-bond donors (Lipinski definition) is 2. The van der Waals surface area contributed by atoms with Gasteiger partial charge in [-0.3, -0.25) is 9.69 Å². The molecular formula is C18H18N2O3. The average Bonchev–Trinajstić information content (AvgIpc) is 2.53. The third-order valence-electron chi connectivity index (χ3n) is 4.12. The van der Waals surface area contributed by atoms with Crippen LogP contribution in [0, 0.1) is 6.92 Å². The molecule has 2 N–H and O–H groups in total. The van der Waals surface area contributed by atoms with E-state index < -0.39 is 12.1 Å². The standard InChI is InChI=1S/C18H18N2O3/c1-12-9-13(7-8-15(12)14-5-3-2-4-6-14)11-20(18(22)23)16-10-19-17(16)21/h2-9,16H,10-11H2,1H3,(H,19,21)(H,22,23)/t16-/m0/s1. The van der Waals surface area contributed by atoms with Gasteiger partial charge >= 0.3 is 6.09 Å². The summed E-state index contributed by atoms with van der Waals surface area (Å²) in [6.45, 7) is 2.60. The zero-order valence-electron chi connectivity index (χ0n) is 12.8. The van der Waals surface area contributed by atoms with E-state index in [-0.39, 0.29) is 12.5 Å². The molecule has 3 rings (SSSR count). The number of aryl methyl sites for hydroxylation is 1. The largest absolute Gasteiger partial charge is 0.465 e. The van der Waals surface area contributed by atoms with E-state index in [1.54, 1.807) is 0 Å². The van der Waals surface area contributed by atoms with Crippen LogP contribution in [0.5, 0.6) is 0 Å². The third-order valence-corrected chi connectivity index (χ3v) is 4.12. The minimum Gasteiger partial charge on any atom is -0.465 e. The molecule has 5 nitrogen and oxygen atoms in total. The normalized spacial score (nSPS) is 16.4. The summed E-state index contributed by atoms with van der Waals surface area (Å²) in [7, 11) is 0. The summed E-state index contributed by atoms with van der Waals surface area (Å²) in [5.74, 6) is -0.231. The quantitative estimate of drug-likeness (QED) is 0.853. The Hall–Kier alpha value is -2.82. The van der Waals surface area contributed by atoms with Gasteiger partial charge in [-0.05, 0) is 29.2 Å². The second-order valence-corrected chi connectivity index (χ2v) is 5.69. The van der Waals surface area contributed by atoms with Crippen molar-refractivity contribution in [2.45, 2.75) is 19.5 Å². The van der Waals surface area contributed by atoms with Gasteiger partial charge in [-0.2, -0.15) is 0 Å². The molecule has 0 unspecified atom stereocenters. The van der Waals surface area contributed by atoms with Crippen LogP contribution >= 0.6 is 0 Å². The lowest BCUT2D eigenvalue weighted by Gasteiger charge is -2.34. The molecule has 0 bridgehead atoms. The maximum absolute atomic E-state index is 11.5. The summed E-state index contributed by atoms with van der Waals surface area (Å²) in [5, 5.41) is 11.9. The Morgan fingerprint density at radius 1 is 1.26 bits per heavy atom. The maximum Gasteiger partial charge on any atom is 0.408 e. The molecule has 118 valence electrons. The van der Waals surface area contributed by atoms with Gasteiger partial charge in [0.05, 0.1) is 0 Å². The number of amides is 2. The number of carboxylic acid groups (broad SMARTS) is 1. The first-order valence-electron chi connectivity index (χ1n) is 7.48. The van der Waals surface area contributed by atoms with Crippen molar-refractivity contribution in [2.75, 3.05) is 6.54 Å². The van der Waals surface area contributed by atoms with Crippen LogP contribution in [0.2, 0.25) is 0 Å². The van der Waals surface area contributed by atoms with E-state index in [4.69, 9.17) is 0 Å². The Morgan fingerprint density at radius 3 is 2.52 bits per heavy atom. The number of β-lactam (4-membered cyclic amide) rings is 1. The van der Waals surface area contributed by atoms with Crippen LogP contribution in [-0.4, -0.2) is 34.6 Å². The van der Waals surface area contributed by atoms with Crippen LogP contribution in [0.4, 0.5) is 4.79 Å². The molecule has 5 heteroatoms. The zero-order valence-corrected chi connectivity index (χ0v) is 12.8. The van der Waals surface area contributed by atoms with Crippen LogP contribution in [0.15, 0.2) is 48.5 Å². The molecule has 1 fully saturated rings. The van der Waals surface area contributed by atoms with Gasteiger partial charge < -0.3 is 10.4 Å². The summed E-state index contributed by atoms with van der Waals surface area (Å²) in [5.41, 5.74) is 4.21. The molecule has 1 saturated heterocycles. The number of rotatable bonds is 4. The van der Waals surface area contributed by atoms with Crippen molar-refractivity contribution in [2.24, 2.45) is 0 Å². The summed E-state index contributed by atoms with van der Waals surface area (Å²) >= 11 is 0. The predicted octanol–water partition coefficient (Wildman–Crippen LogP) is 2.64. The molecule has 1 heterocycles. The van der Waals surface area contributed by atoms with Gasteiger partial charge in [-0.1, -0.05) is 48.5 Å². The lowest BCUT2D eigenvalue weighted by Crippen LogP contribution is -2.62. The van der Waals surface area contributed by atoms with Crippen molar-refractivity contribution in [3.63, 3.8) is 0 Å². The van der Waals surface area contributed by atoms with E-state index in [1.165, 1.54) is 4.90 Å². The number of nitrogens with one attached hydrogen (secondary N) is 1. The fraction of sp³-hybridized carbons (Fsp3) is 0.222. The summed E-state index contributed by atoms with van der Waals surface area (Å²) in [6.07, 6.45) is -1.07. The van der Waals surface area contributed by atoms with Gasteiger partial charge in [0.2, 0.25) is 5.91 Å². The fourth-order valence-electron chi connectivity index (χ4n) is 2.80. The lowest BCUT2D eigenvalue weighted by molar-refractivity contribution is -0.132. The first-order chi connectivity index (χ1) is 11.1. The van der Waals surface area contributed by atoms with E-state index in [0.717, 1.165) is 22.3 Å². The number of carbonyl (C=O) groups is 2. The van der Waals surface area contributed by atoms with Gasteiger partial charge in [-0.15, -0.1) is 0 Å². The molecule has 0 aliphatic carbocycles. The average molecular weight is 310 g/mol. The smallest absolute Gasteiger partial charge is 0.408 e. The summed E-state index contributed by atoms with van der Waals surface area (Å²) in [6, 6.07) is 15.4. The first-order valence-corrected chi connectivity index (χ1v) is 7.48. The number of hydrogen-bond acceptors (Lipinski definition) is 2. The molecule has 2 aromatic rings. The van der Waals surface area contributed by atoms with E-state index >= 15 is 0 Å². The van der Waals surface area contributed by atoms with Crippen molar-refractivity contribution in [3.05, 3.63) is 59.7 Å². The Labute approximate surface area is 134 Å². The van der Waals surface area contributed by atoms with E-state index in [1.807, 2.05) is 55.5 Å². The molecule has 0 radical (unpaired) electrons. The Morgan fingerprint density at radius 2 is 2.00 bits per heavy atom. The highest BCUT2D eigenvalue weighted by molar-refractivity contribution is 5.90. The SMILES string of the molecule is Cc1cc(CN(C(=O)O)[C@H]2CNC2=O)ccc1-c1ccccc1. The molecule has 1 aliphatic heterocycles. The molecule has 1 atom stereocenters. The molecule has 0 aromatic heterocycles. The van der Waals surface area contributed by atoms with Crippen molar-refractivity contribution in [1.82, 2.24) is 10.2 Å². The topological polar surface area (TPSA) is 69.6 Å². The van der Waals surface area contributed by atoms with Crippen LogP contribution in [0.25, 0.3) is 11.1 Å². The van der Waals surface area contributed by atoms with Gasteiger partial charge in [0.15, 0.2) is 0 Å².